The first-order chi connectivity index (χ1) is 8.65. The fraction of sp³-hybridized carbons (Fsp3) is 0.857. The van der Waals surface area contributed by atoms with E-state index in [1.54, 1.807) is 0 Å². The van der Waals surface area contributed by atoms with Crippen molar-refractivity contribution in [2.45, 2.75) is 64.3 Å². The van der Waals surface area contributed by atoms with Crippen LogP contribution in [0.1, 0.15) is 61.9 Å². The Morgan fingerprint density at radius 1 is 1.28 bits per heavy atom. The summed E-state index contributed by atoms with van der Waals surface area (Å²) in [6.07, 6.45) is 7.73. The second kappa shape index (κ2) is 4.89. The van der Waals surface area contributed by atoms with Gasteiger partial charge in [-0.15, -0.1) is 21.5 Å². The molecule has 3 nitrogen and oxygen atoms in total. The maximum atomic E-state index is 4.45. The van der Waals surface area contributed by atoms with Crippen LogP contribution in [-0.2, 0) is 6.42 Å². The van der Waals surface area contributed by atoms with Gasteiger partial charge in [-0.25, -0.2) is 0 Å². The molecular weight excluding hydrogens is 242 g/mol. The van der Waals surface area contributed by atoms with Crippen molar-refractivity contribution in [2.75, 3.05) is 6.54 Å². The van der Waals surface area contributed by atoms with Crippen molar-refractivity contribution in [2.24, 2.45) is 5.41 Å². The molecule has 1 unspecified atom stereocenters. The highest BCUT2D eigenvalue weighted by molar-refractivity contribution is 7.11. The lowest BCUT2D eigenvalue weighted by molar-refractivity contribution is 0.330. The van der Waals surface area contributed by atoms with Crippen LogP contribution >= 0.6 is 11.3 Å². The van der Waals surface area contributed by atoms with Crippen molar-refractivity contribution in [3.63, 3.8) is 0 Å². The van der Waals surface area contributed by atoms with Crippen LogP contribution in [0.5, 0.6) is 0 Å². The molecule has 0 aromatic carbocycles. The van der Waals surface area contributed by atoms with Crippen molar-refractivity contribution >= 4 is 11.3 Å². The van der Waals surface area contributed by atoms with Gasteiger partial charge in [-0.05, 0) is 31.1 Å². The van der Waals surface area contributed by atoms with E-state index in [0.29, 0.717) is 11.3 Å². The third-order valence-corrected chi connectivity index (χ3v) is 5.48. The average molecular weight is 265 g/mol. The molecule has 2 fully saturated rings. The van der Waals surface area contributed by atoms with E-state index in [-0.39, 0.29) is 0 Å². The lowest BCUT2D eigenvalue weighted by Gasteiger charge is -2.24. The molecule has 1 atom stereocenters. The van der Waals surface area contributed by atoms with Gasteiger partial charge in [0.25, 0.3) is 0 Å². The van der Waals surface area contributed by atoms with Crippen LogP contribution in [0.25, 0.3) is 0 Å². The number of rotatable bonds is 5. The van der Waals surface area contributed by atoms with E-state index in [4.69, 9.17) is 0 Å². The van der Waals surface area contributed by atoms with Crippen LogP contribution in [0.15, 0.2) is 0 Å². The highest BCUT2D eigenvalue weighted by Crippen LogP contribution is 2.49. The van der Waals surface area contributed by atoms with E-state index in [0.717, 1.165) is 19.0 Å². The Hall–Kier alpha value is -0.480. The Balaban J connectivity index is 1.58. The predicted molar refractivity (Wildman–Crippen MR) is 75.0 cm³/mol. The molecule has 4 heteroatoms. The van der Waals surface area contributed by atoms with E-state index in [1.165, 1.54) is 42.1 Å². The zero-order valence-electron chi connectivity index (χ0n) is 11.4. The van der Waals surface area contributed by atoms with Gasteiger partial charge < -0.3 is 5.32 Å². The van der Waals surface area contributed by atoms with Gasteiger partial charge in [0.15, 0.2) is 0 Å². The summed E-state index contributed by atoms with van der Waals surface area (Å²) in [5.41, 5.74) is 0.420. The predicted octanol–water partition coefficient (Wildman–Crippen LogP) is 3.13. The summed E-state index contributed by atoms with van der Waals surface area (Å²) in [6.45, 7) is 5.81. The molecule has 3 rings (SSSR count). The Morgan fingerprint density at radius 2 is 2.11 bits per heavy atom. The number of hydrogen-bond acceptors (Lipinski definition) is 4. The molecule has 1 aromatic heterocycles. The first-order valence-electron chi connectivity index (χ1n) is 7.21. The maximum Gasteiger partial charge on any atom is 0.121 e. The van der Waals surface area contributed by atoms with Crippen LogP contribution in [0.3, 0.4) is 0 Å². The summed E-state index contributed by atoms with van der Waals surface area (Å²) in [5, 5.41) is 14.8. The van der Waals surface area contributed by atoms with Crippen molar-refractivity contribution in [1.29, 1.82) is 0 Å². The van der Waals surface area contributed by atoms with Gasteiger partial charge in [0.05, 0.1) is 0 Å². The Bertz CT molecular complexity index is 409. The summed E-state index contributed by atoms with van der Waals surface area (Å²) in [5.74, 6) is 0.639. The second-order valence-electron chi connectivity index (χ2n) is 6.45. The topological polar surface area (TPSA) is 37.8 Å². The highest BCUT2D eigenvalue weighted by Gasteiger charge is 2.37. The molecule has 0 radical (unpaired) electrons. The first-order valence-corrected chi connectivity index (χ1v) is 8.02. The summed E-state index contributed by atoms with van der Waals surface area (Å²) in [7, 11) is 0. The van der Waals surface area contributed by atoms with Crippen LogP contribution in [0, 0.1) is 5.41 Å². The van der Waals surface area contributed by atoms with Crippen molar-refractivity contribution < 1.29 is 0 Å². The quantitative estimate of drug-likeness (QED) is 0.889. The van der Waals surface area contributed by atoms with Crippen molar-refractivity contribution in [3.8, 4) is 0 Å². The minimum absolute atomic E-state index is 0.420. The van der Waals surface area contributed by atoms with E-state index in [1.807, 2.05) is 11.3 Å². The fourth-order valence-electron chi connectivity index (χ4n) is 2.96. The molecule has 1 heterocycles. The molecule has 0 saturated heterocycles. The first kappa shape index (κ1) is 12.5. The van der Waals surface area contributed by atoms with Gasteiger partial charge in [0.1, 0.15) is 10.0 Å². The number of aromatic nitrogens is 2. The third kappa shape index (κ3) is 2.75. The van der Waals surface area contributed by atoms with Gasteiger partial charge in [-0.1, -0.05) is 20.3 Å². The number of hydrogen-bond donors (Lipinski definition) is 1. The highest BCUT2D eigenvalue weighted by atomic mass is 32.1. The van der Waals surface area contributed by atoms with Crippen LogP contribution in [-0.4, -0.2) is 22.8 Å². The summed E-state index contributed by atoms with van der Waals surface area (Å²) >= 11 is 1.84. The summed E-state index contributed by atoms with van der Waals surface area (Å²) < 4.78 is 0. The van der Waals surface area contributed by atoms with Gasteiger partial charge >= 0.3 is 0 Å². The Labute approximate surface area is 113 Å². The monoisotopic (exact) mass is 265 g/mol. The van der Waals surface area contributed by atoms with E-state index >= 15 is 0 Å². The minimum Gasteiger partial charge on any atom is -0.314 e. The van der Waals surface area contributed by atoms with E-state index < -0.39 is 0 Å². The summed E-state index contributed by atoms with van der Waals surface area (Å²) in [4.78, 5) is 0. The molecule has 100 valence electrons. The SMILES string of the molecule is CC1(C)CCCC1c1nnc(CCNC2CC2)s1. The zero-order chi connectivity index (χ0) is 12.6. The molecule has 0 spiro atoms. The Morgan fingerprint density at radius 3 is 2.78 bits per heavy atom. The fourth-order valence-corrected chi connectivity index (χ4v) is 4.15. The van der Waals surface area contributed by atoms with E-state index in [2.05, 4.69) is 29.4 Å². The average Bonchev–Trinajstić information content (AvgIpc) is 2.90. The van der Waals surface area contributed by atoms with E-state index in [9.17, 15) is 0 Å². The molecule has 1 N–H and O–H groups in total. The largest absolute Gasteiger partial charge is 0.314 e. The Kier molecular flexibility index (Phi) is 3.41. The molecule has 1 aromatic rings. The van der Waals surface area contributed by atoms with Crippen molar-refractivity contribution in [3.05, 3.63) is 10.0 Å². The normalized spacial score (nSPS) is 26.7. The third-order valence-electron chi connectivity index (χ3n) is 4.39. The molecule has 2 aliphatic rings. The lowest BCUT2D eigenvalue weighted by atomic mass is 9.82. The van der Waals surface area contributed by atoms with Crippen LogP contribution < -0.4 is 5.32 Å². The molecule has 2 saturated carbocycles. The summed E-state index contributed by atoms with van der Waals surface area (Å²) in [6, 6.07) is 0.797. The smallest absolute Gasteiger partial charge is 0.121 e. The molecule has 0 amide bonds. The standard InChI is InChI=1S/C14H23N3S/c1-14(2)8-3-4-11(14)13-17-16-12(18-13)7-9-15-10-5-6-10/h10-11,15H,3-9H2,1-2H3. The van der Waals surface area contributed by atoms with Gasteiger partial charge in [-0.3, -0.25) is 0 Å². The molecule has 0 aliphatic heterocycles. The van der Waals surface area contributed by atoms with Crippen LogP contribution in [0.4, 0.5) is 0 Å². The number of nitrogens with one attached hydrogen (secondary N) is 1. The minimum atomic E-state index is 0.420. The molecule has 18 heavy (non-hydrogen) atoms. The second-order valence-corrected chi connectivity index (χ2v) is 7.54. The van der Waals surface area contributed by atoms with Crippen molar-refractivity contribution in [1.82, 2.24) is 15.5 Å². The van der Waals surface area contributed by atoms with Crippen LogP contribution in [0.2, 0.25) is 0 Å². The molecule has 0 bridgehead atoms. The lowest BCUT2D eigenvalue weighted by Crippen LogP contribution is -2.19. The maximum absolute atomic E-state index is 4.45. The number of nitrogens with zero attached hydrogens (tertiary/aromatic N) is 2. The molecular formula is C14H23N3S. The molecule has 2 aliphatic carbocycles. The van der Waals surface area contributed by atoms with Gasteiger partial charge in [0, 0.05) is 24.9 Å². The zero-order valence-corrected chi connectivity index (χ0v) is 12.2. The van der Waals surface area contributed by atoms with Gasteiger partial charge in [-0.2, -0.15) is 0 Å². The van der Waals surface area contributed by atoms with Gasteiger partial charge in [0.2, 0.25) is 0 Å².